The normalized spacial score (nSPS) is 19.0. The molecule has 2 aromatic rings. The van der Waals surface area contributed by atoms with Crippen LogP contribution < -0.4 is 5.32 Å². The van der Waals surface area contributed by atoms with Crippen LogP contribution in [0.3, 0.4) is 0 Å². The second-order valence-electron chi connectivity index (χ2n) is 6.22. The van der Waals surface area contributed by atoms with Crippen molar-refractivity contribution in [2.75, 3.05) is 18.4 Å². The van der Waals surface area contributed by atoms with Crippen molar-refractivity contribution < 1.29 is 4.79 Å². The molecular formula is C14H19N7OS. The first-order chi connectivity index (χ1) is 11.3. The van der Waals surface area contributed by atoms with E-state index in [2.05, 4.69) is 25.0 Å². The Morgan fingerprint density at radius 3 is 2.83 bits per heavy atom. The summed E-state index contributed by atoms with van der Waals surface area (Å²) in [5, 5.41) is 11.3. The minimum Gasteiger partial charge on any atom is -0.324 e. The predicted octanol–water partition coefficient (Wildman–Crippen LogP) is 1.95. The summed E-state index contributed by atoms with van der Waals surface area (Å²) in [5.41, 5.74) is 0. The molecule has 8 nitrogen and oxygen atoms in total. The Kier molecular flexibility index (Phi) is 3.94. The van der Waals surface area contributed by atoms with Crippen molar-refractivity contribution in [2.45, 2.75) is 38.1 Å². The molecule has 0 aromatic carbocycles. The molecule has 0 atom stereocenters. The van der Waals surface area contributed by atoms with Gasteiger partial charge >= 0.3 is 6.03 Å². The highest BCUT2D eigenvalue weighted by Gasteiger charge is 2.29. The minimum atomic E-state index is -0.0669. The van der Waals surface area contributed by atoms with Gasteiger partial charge in [-0.3, -0.25) is 10.00 Å². The first-order valence-electron chi connectivity index (χ1n) is 8.01. The molecule has 0 unspecified atom stereocenters. The van der Waals surface area contributed by atoms with E-state index in [0.717, 1.165) is 38.3 Å². The average molecular weight is 333 g/mol. The Morgan fingerprint density at radius 1 is 1.30 bits per heavy atom. The second kappa shape index (κ2) is 6.23. The summed E-state index contributed by atoms with van der Waals surface area (Å²) in [6.45, 7) is 2.40. The molecule has 23 heavy (non-hydrogen) atoms. The Morgan fingerprint density at radius 2 is 2.13 bits per heavy atom. The molecule has 1 aliphatic carbocycles. The van der Waals surface area contributed by atoms with Gasteiger partial charge in [-0.05, 0) is 31.6 Å². The van der Waals surface area contributed by atoms with Gasteiger partial charge in [0.15, 0.2) is 0 Å². The third-order valence-electron chi connectivity index (χ3n) is 4.42. The highest BCUT2D eigenvalue weighted by molar-refractivity contribution is 7.09. The van der Waals surface area contributed by atoms with Crippen molar-refractivity contribution in [3.8, 4) is 0 Å². The van der Waals surface area contributed by atoms with Gasteiger partial charge in [-0.2, -0.15) is 4.37 Å². The van der Waals surface area contributed by atoms with Crippen molar-refractivity contribution in [1.82, 2.24) is 29.3 Å². The number of amides is 2. The average Bonchev–Trinajstić information content (AvgIpc) is 3.09. The lowest BCUT2D eigenvalue weighted by atomic mass is 9.97. The number of hydrogen-bond donors (Lipinski definition) is 1. The first-order valence-corrected chi connectivity index (χ1v) is 8.79. The van der Waals surface area contributed by atoms with Gasteiger partial charge in [0.05, 0.1) is 6.20 Å². The molecule has 1 N–H and O–H groups in total. The molecule has 4 rings (SSSR count). The highest BCUT2D eigenvalue weighted by atomic mass is 32.1. The third kappa shape index (κ3) is 3.49. The van der Waals surface area contributed by atoms with E-state index >= 15 is 0 Å². The van der Waals surface area contributed by atoms with Gasteiger partial charge in [-0.15, -0.1) is 5.10 Å². The topological polar surface area (TPSA) is 88.8 Å². The Hall–Kier alpha value is -2.03. The van der Waals surface area contributed by atoms with Crippen molar-refractivity contribution in [3.63, 3.8) is 0 Å². The smallest absolute Gasteiger partial charge is 0.323 e. The molecule has 0 radical (unpaired) electrons. The first kappa shape index (κ1) is 14.6. The van der Waals surface area contributed by atoms with Crippen LogP contribution in [0.5, 0.6) is 0 Å². The minimum absolute atomic E-state index is 0.0669. The Labute approximate surface area is 138 Å². The number of carbonyl (C=O) groups is 1. The summed E-state index contributed by atoms with van der Waals surface area (Å²) >= 11 is 1.28. The fourth-order valence-corrected chi connectivity index (χ4v) is 3.51. The molecule has 2 amide bonds. The molecule has 1 aliphatic heterocycles. The summed E-state index contributed by atoms with van der Waals surface area (Å²) in [4.78, 5) is 18.6. The lowest BCUT2D eigenvalue weighted by Crippen LogP contribution is -2.41. The van der Waals surface area contributed by atoms with Gasteiger partial charge in [-0.25, -0.2) is 9.78 Å². The van der Waals surface area contributed by atoms with Crippen LogP contribution in [0.4, 0.5) is 9.93 Å². The molecule has 9 heteroatoms. The molecule has 1 saturated carbocycles. The molecule has 1 saturated heterocycles. The molecule has 2 fully saturated rings. The van der Waals surface area contributed by atoms with Crippen molar-refractivity contribution in [1.29, 1.82) is 0 Å². The number of nitrogens with one attached hydrogen (secondary N) is 1. The van der Waals surface area contributed by atoms with Crippen LogP contribution in [0.25, 0.3) is 0 Å². The number of piperidine rings is 1. The molecule has 0 bridgehead atoms. The van der Waals surface area contributed by atoms with Crippen LogP contribution in [-0.2, 0) is 6.54 Å². The third-order valence-corrected chi connectivity index (χ3v) is 5.06. The highest BCUT2D eigenvalue weighted by Crippen LogP contribution is 2.39. The molecule has 122 valence electrons. The van der Waals surface area contributed by atoms with Crippen molar-refractivity contribution >= 4 is 22.7 Å². The van der Waals surface area contributed by atoms with E-state index in [9.17, 15) is 4.79 Å². The van der Waals surface area contributed by atoms with E-state index < -0.39 is 0 Å². The zero-order valence-electron chi connectivity index (χ0n) is 12.8. The molecule has 3 heterocycles. The summed E-state index contributed by atoms with van der Waals surface area (Å²) in [5.74, 6) is 1.95. The largest absolute Gasteiger partial charge is 0.324 e. The molecule has 2 aromatic heterocycles. The van der Waals surface area contributed by atoms with E-state index in [1.807, 2.05) is 15.8 Å². The second-order valence-corrected chi connectivity index (χ2v) is 6.97. The monoisotopic (exact) mass is 333 g/mol. The number of nitrogens with zero attached hydrogens (tertiary/aromatic N) is 6. The number of rotatable bonds is 4. The predicted molar refractivity (Wildman–Crippen MR) is 85.2 cm³/mol. The fourth-order valence-electron chi connectivity index (χ4n) is 2.88. The van der Waals surface area contributed by atoms with Crippen LogP contribution in [0, 0.1) is 5.92 Å². The van der Waals surface area contributed by atoms with Crippen molar-refractivity contribution in [2.24, 2.45) is 5.92 Å². The number of likely N-dealkylation sites (tertiary alicyclic amines) is 1. The zero-order chi connectivity index (χ0) is 15.6. The van der Waals surface area contributed by atoms with E-state index in [4.69, 9.17) is 0 Å². The summed E-state index contributed by atoms with van der Waals surface area (Å²) in [6, 6.07) is -0.0669. The maximum absolute atomic E-state index is 12.3. The number of carbonyl (C=O) groups excluding carboxylic acids is 1. The van der Waals surface area contributed by atoms with E-state index in [-0.39, 0.29) is 6.03 Å². The van der Waals surface area contributed by atoms with Gasteiger partial charge in [0.2, 0.25) is 5.13 Å². The molecular weight excluding hydrogens is 314 g/mol. The van der Waals surface area contributed by atoms with Crippen LogP contribution >= 0.6 is 11.5 Å². The van der Waals surface area contributed by atoms with Gasteiger partial charge in [0.1, 0.15) is 5.82 Å². The quantitative estimate of drug-likeness (QED) is 0.924. The van der Waals surface area contributed by atoms with Gasteiger partial charge in [0, 0.05) is 43.3 Å². The summed E-state index contributed by atoms with van der Waals surface area (Å²) < 4.78 is 6.17. The van der Waals surface area contributed by atoms with Crippen LogP contribution in [-0.4, -0.2) is 48.4 Å². The van der Waals surface area contributed by atoms with Gasteiger partial charge in [-0.1, -0.05) is 5.21 Å². The van der Waals surface area contributed by atoms with Crippen LogP contribution in [0.1, 0.15) is 37.4 Å². The fraction of sp³-hybridized carbons (Fsp3) is 0.643. The number of aromatic nitrogens is 5. The standard InChI is InChI=1S/C14H19N7OS/c22-14(17-13-16-12(18-23-13)11-1-2-11)20-6-3-10(4-7-20)9-21-8-5-15-19-21/h5,8,10-11H,1-4,6-7,9H2,(H,16,17,18,22). The van der Waals surface area contributed by atoms with E-state index in [0.29, 0.717) is 17.0 Å². The number of anilines is 1. The lowest BCUT2D eigenvalue weighted by molar-refractivity contribution is 0.175. The van der Waals surface area contributed by atoms with Crippen LogP contribution in [0.2, 0.25) is 0 Å². The van der Waals surface area contributed by atoms with Gasteiger partial charge < -0.3 is 4.90 Å². The van der Waals surface area contributed by atoms with Crippen molar-refractivity contribution in [3.05, 3.63) is 18.2 Å². The van der Waals surface area contributed by atoms with Crippen LogP contribution in [0.15, 0.2) is 12.4 Å². The van der Waals surface area contributed by atoms with E-state index in [1.165, 1.54) is 24.4 Å². The lowest BCUT2D eigenvalue weighted by Gasteiger charge is -2.31. The maximum atomic E-state index is 12.3. The SMILES string of the molecule is O=C(Nc1nc(C2CC2)ns1)N1CCC(Cn2ccnn2)CC1. The van der Waals surface area contributed by atoms with E-state index in [1.54, 1.807) is 6.20 Å². The maximum Gasteiger partial charge on any atom is 0.323 e. The Bertz CT molecular complexity index is 658. The molecule has 0 spiro atoms. The number of hydrogen-bond acceptors (Lipinski definition) is 6. The zero-order valence-corrected chi connectivity index (χ0v) is 13.6. The summed E-state index contributed by atoms with van der Waals surface area (Å²) in [6.07, 6.45) is 7.88. The summed E-state index contributed by atoms with van der Waals surface area (Å²) in [7, 11) is 0. The van der Waals surface area contributed by atoms with Gasteiger partial charge in [0.25, 0.3) is 0 Å². The number of urea groups is 1. The Balaban J connectivity index is 1.26. The molecule has 2 aliphatic rings.